The van der Waals surface area contributed by atoms with Crippen LogP contribution in [0.3, 0.4) is 0 Å². The maximum absolute atomic E-state index is 2.21. The first-order chi connectivity index (χ1) is 9.34. The second-order valence-electron chi connectivity index (χ2n) is 4.79. The van der Waals surface area contributed by atoms with Crippen LogP contribution in [-0.2, 0) is 12.8 Å². The highest BCUT2D eigenvalue weighted by molar-refractivity contribution is 5.24. The van der Waals surface area contributed by atoms with Crippen molar-refractivity contribution in [3.05, 3.63) is 95.6 Å². The van der Waals surface area contributed by atoms with Crippen LogP contribution in [0.1, 0.15) is 18.1 Å². The van der Waals surface area contributed by atoms with E-state index in [1.54, 1.807) is 0 Å². The molecule has 0 aliphatic rings. The zero-order valence-corrected chi connectivity index (χ0v) is 11.4. The third-order valence-corrected chi connectivity index (χ3v) is 3.04. The minimum Gasteiger partial charge on any atom is -0.0801 e. The van der Waals surface area contributed by atoms with Crippen molar-refractivity contribution in [2.75, 3.05) is 0 Å². The normalized spacial score (nSPS) is 11.9. The van der Waals surface area contributed by atoms with Crippen molar-refractivity contribution in [2.24, 2.45) is 0 Å². The summed E-state index contributed by atoms with van der Waals surface area (Å²) in [5.74, 6) is 0. The predicted octanol–water partition coefficient (Wildman–Crippen LogP) is 4.97. The Bertz CT molecular complexity index is 533. The standard InChI is InChI=1S/C19H20/c1-17(16-19-14-6-3-7-15-19)10-8-9-13-18-11-4-2-5-12-18/h2-12,14-15H,13,16H2,1H3. The van der Waals surface area contributed by atoms with Crippen molar-refractivity contribution in [2.45, 2.75) is 19.8 Å². The van der Waals surface area contributed by atoms with Gasteiger partial charge in [-0.25, -0.2) is 0 Å². The Balaban J connectivity index is 1.85. The first kappa shape index (κ1) is 13.4. The average Bonchev–Trinajstić information content (AvgIpc) is 2.46. The maximum atomic E-state index is 2.21. The molecule has 0 nitrogen and oxygen atoms in total. The molecule has 19 heavy (non-hydrogen) atoms. The molecule has 0 bridgehead atoms. The van der Waals surface area contributed by atoms with E-state index in [0.717, 1.165) is 12.8 Å². The van der Waals surface area contributed by atoms with E-state index in [4.69, 9.17) is 0 Å². The van der Waals surface area contributed by atoms with Gasteiger partial charge in [-0.1, -0.05) is 84.5 Å². The molecule has 0 aliphatic heterocycles. The topological polar surface area (TPSA) is 0 Å². The van der Waals surface area contributed by atoms with Gasteiger partial charge in [0.2, 0.25) is 0 Å². The van der Waals surface area contributed by atoms with Gasteiger partial charge in [-0.2, -0.15) is 0 Å². The molecule has 96 valence electrons. The van der Waals surface area contributed by atoms with Crippen LogP contribution in [0.25, 0.3) is 0 Å². The number of hydrogen-bond acceptors (Lipinski definition) is 0. The Morgan fingerprint density at radius 2 is 1.42 bits per heavy atom. The van der Waals surface area contributed by atoms with Crippen LogP contribution in [0.15, 0.2) is 84.5 Å². The van der Waals surface area contributed by atoms with Crippen molar-refractivity contribution < 1.29 is 0 Å². The lowest BCUT2D eigenvalue weighted by Crippen LogP contribution is -1.85. The van der Waals surface area contributed by atoms with Crippen molar-refractivity contribution >= 4 is 0 Å². The molecular weight excluding hydrogens is 228 g/mol. The Kier molecular flexibility index (Phi) is 5.18. The molecule has 0 heteroatoms. The third-order valence-electron chi connectivity index (χ3n) is 3.04. The largest absolute Gasteiger partial charge is 0.0801 e. The maximum Gasteiger partial charge on any atom is -0.00668 e. The van der Waals surface area contributed by atoms with E-state index < -0.39 is 0 Å². The van der Waals surface area contributed by atoms with Crippen LogP contribution in [-0.4, -0.2) is 0 Å². The van der Waals surface area contributed by atoms with Crippen molar-refractivity contribution in [3.63, 3.8) is 0 Å². The summed E-state index contributed by atoms with van der Waals surface area (Å²) in [5, 5.41) is 0. The zero-order chi connectivity index (χ0) is 13.3. The van der Waals surface area contributed by atoms with Crippen molar-refractivity contribution in [3.8, 4) is 0 Å². The van der Waals surface area contributed by atoms with E-state index in [2.05, 4.69) is 85.8 Å². The van der Waals surface area contributed by atoms with Gasteiger partial charge < -0.3 is 0 Å². The number of benzene rings is 2. The second-order valence-corrected chi connectivity index (χ2v) is 4.79. The quantitative estimate of drug-likeness (QED) is 0.655. The third kappa shape index (κ3) is 4.97. The van der Waals surface area contributed by atoms with Crippen LogP contribution in [0.4, 0.5) is 0 Å². The average molecular weight is 248 g/mol. The lowest BCUT2D eigenvalue weighted by Gasteiger charge is -2.00. The molecule has 0 heterocycles. The highest BCUT2D eigenvalue weighted by Gasteiger charge is 1.92. The molecule has 0 radical (unpaired) electrons. The summed E-state index contributed by atoms with van der Waals surface area (Å²) < 4.78 is 0. The predicted molar refractivity (Wildman–Crippen MR) is 83.2 cm³/mol. The molecule has 0 saturated carbocycles. The fraction of sp³-hybridized carbons (Fsp3) is 0.158. The van der Waals surface area contributed by atoms with Gasteiger partial charge in [-0.15, -0.1) is 0 Å². The van der Waals surface area contributed by atoms with Crippen LogP contribution < -0.4 is 0 Å². The van der Waals surface area contributed by atoms with E-state index in [1.807, 2.05) is 0 Å². The van der Waals surface area contributed by atoms with E-state index >= 15 is 0 Å². The fourth-order valence-electron chi connectivity index (χ4n) is 2.03. The highest BCUT2D eigenvalue weighted by Crippen LogP contribution is 2.07. The van der Waals surface area contributed by atoms with E-state index in [-0.39, 0.29) is 0 Å². The van der Waals surface area contributed by atoms with Gasteiger partial charge in [0, 0.05) is 0 Å². The summed E-state index contributed by atoms with van der Waals surface area (Å²) in [6.07, 6.45) is 8.59. The van der Waals surface area contributed by atoms with Gasteiger partial charge in [0.05, 0.1) is 0 Å². The Morgan fingerprint density at radius 3 is 2.05 bits per heavy atom. The van der Waals surface area contributed by atoms with Crippen LogP contribution >= 0.6 is 0 Å². The summed E-state index contributed by atoms with van der Waals surface area (Å²) in [5.41, 5.74) is 4.11. The minimum absolute atomic E-state index is 0.996. The fourth-order valence-corrected chi connectivity index (χ4v) is 2.03. The lowest BCUT2D eigenvalue weighted by atomic mass is 10.1. The van der Waals surface area contributed by atoms with Gasteiger partial charge in [0.1, 0.15) is 0 Å². The molecule has 2 aromatic carbocycles. The first-order valence-electron chi connectivity index (χ1n) is 6.75. The summed E-state index contributed by atoms with van der Waals surface area (Å²) in [4.78, 5) is 0. The molecule has 0 atom stereocenters. The minimum atomic E-state index is 0.996. The number of allylic oxidation sites excluding steroid dienone is 4. The summed E-state index contributed by atoms with van der Waals surface area (Å²) in [6.45, 7) is 2.18. The van der Waals surface area contributed by atoms with Gasteiger partial charge in [-0.05, 0) is 30.9 Å². The molecule has 0 saturated heterocycles. The molecule has 2 rings (SSSR count). The number of rotatable bonds is 5. The van der Waals surface area contributed by atoms with E-state index in [1.165, 1.54) is 16.7 Å². The van der Waals surface area contributed by atoms with Gasteiger partial charge in [0.15, 0.2) is 0 Å². The summed E-state index contributed by atoms with van der Waals surface area (Å²) in [6, 6.07) is 21.1. The molecule has 0 aliphatic carbocycles. The van der Waals surface area contributed by atoms with Crippen LogP contribution in [0.5, 0.6) is 0 Å². The Hall–Kier alpha value is -2.08. The van der Waals surface area contributed by atoms with Gasteiger partial charge >= 0.3 is 0 Å². The molecule has 0 unspecified atom stereocenters. The second kappa shape index (κ2) is 7.38. The Morgan fingerprint density at radius 1 is 0.842 bits per heavy atom. The molecule has 0 aromatic heterocycles. The monoisotopic (exact) mass is 248 g/mol. The molecular formula is C19H20. The molecule has 2 aromatic rings. The SMILES string of the molecule is CC(=CC=CCc1ccccc1)Cc1ccccc1. The summed E-state index contributed by atoms with van der Waals surface area (Å²) in [7, 11) is 0. The van der Waals surface area contributed by atoms with Crippen LogP contribution in [0, 0.1) is 0 Å². The zero-order valence-electron chi connectivity index (χ0n) is 11.4. The smallest absolute Gasteiger partial charge is 0.00668 e. The highest BCUT2D eigenvalue weighted by atomic mass is 14.0. The van der Waals surface area contributed by atoms with Crippen LogP contribution in [0.2, 0.25) is 0 Å². The van der Waals surface area contributed by atoms with Crippen molar-refractivity contribution in [1.29, 1.82) is 0 Å². The summed E-state index contributed by atoms with van der Waals surface area (Å²) >= 11 is 0. The van der Waals surface area contributed by atoms with Gasteiger partial charge in [-0.3, -0.25) is 0 Å². The first-order valence-corrected chi connectivity index (χ1v) is 6.75. The molecule has 0 fully saturated rings. The number of hydrogen-bond donors (Lipinski definition) is 0. The molecule has 0 N–H and O–H groups in total. The van der Waals surface area contributed by atoms with Crippen molar-refractivity contribution in [1.82, 2.24) is 0 Å². The molecule has 0 amide bonds. The molecule has 0 spiro atoms. The van der Waals surface area contributed by atoms with E-state index in [9.17, 15) is 0 Å². The van der Waals surface area contributed by atoms with E-state index in [0.29, 0.717) is 0 Å². The lowest BCUT2D eigenvalue weighted by molar-refractivity contribution is 1.14. The van der Waals surface area contributed by atoms with Gasteiger partial charge in [0.25, 0.3) is 0 Å². The Labute approximate surface area is 116 Å².